The zero-order valence-corrected chi connectivity index (χ0v) is 13.5. The standard InChI is InChI=1S/C16H20F3N3O2/c1-15(2,22-14(23)13-9-5-21-6-10(9)13)8-24-12-3-4-20-7-11(12)16(17,18)19/h3-4,7,9-10,13,21H,5-6,8H2,1-2H3,(H,22,23)/t9-,10+,13+. The number of hydrogen-bond donors (Lipinski definition) is 2. The summed E-state index contributed by atoms with van der Waals surface area (Å²) in [4.78, 5) is 15.8. The molecule has 1 aliphatic carbocycles. The van der Waals surface area contributed by atoms with E-state index in [1.165, 1.54) is 12.3 Å². The van der Waals surface area contributed by atoms with Crippen molar-refractivity contribution in [2.75, 3.05) is 19.7 Å². The van der Waals surface area contributed by atoms with Crippen molar-refractivity contribution in [3.63, 3.8) is 0 Å². The fraction of sp³-hybridized carbons (Fsp3) is 0.625. The van der Waals surface area contributed by atoms with Gasteiger partial charge in [-0.25, -0.2) is 0 Å². The summed E-state index contributed by atoms with van der Waals surface area (Å²) >= 11 is 0. The first-order valence-electron chi connectivity index (χ1n) is 7.86. The number of aromatic nitrogens is 1. The Morgan fingerprint density at radius 1 is 1.38 bits per heavy atom. The van der Waals surface area contributed by atoms with Crippen molar-refractivity contribution in [1.82, 2.24) is 15.6 Å². The molecular weight excluding hydrogens is 323 g/mol. The van der Waals surface area contributed by atoms with E-state index in [9.17, 15) is 18.0 Å². The number of rotatable bonds is 5. The molecule has 0 aromatic carbocycles. The topological polar surface area (TPSA) is 63.2 Å². The number of fused-ring (bicyclic) bond motifs is 1. The highest BCUT2D eigenvalue weighted by Crippen LogP contribution is 2.48. The molecule has 2 heterocycles. The van der Waals surface area contributed by atoms with Crippen LogP contribution in [0.3, 0.4) is 0 Å². The van der Waals surface area contributed by atoms with Crippen LogP contribution in [0.15, 0.2) is 18.5 Å². The van der Waals surface area contributed by atoms with Crippen molar-refractivity contribution in [2.45, 2.75) is 25.6 Å². The third-order valence-electron chi connectivity index (χ3n) is 4.53. The van der Waals surface area contributed by atoms with Crippen LogP contribution in [0.4, 0.5) is 13.2 Å². The van der Waals surface area contributed by atoms with Crippen LogP contribution in [0, 0.1) is 17.8 Å². The number of pyridine rings is 1. The van der Waals surface area contributed by atoms with Crippen molar-refractivity contribution in [2.24, 2.45) is 17.8 Å². The molecule has 2 fully saturated rings. The molecule has 1 amide bonds. The van der Waals surface area contributed by atoms with Crippen LogP contribution in [0.5, 0.6) is 5.75 Å². The van der Waals surface area contributed by atoms with Gasteiger partial charge < -0.3 is 15.4 Å². The highest BCUT2D eigenvalue weighted by Gasteiger charge is 2.57. The maximum atomic E-state index is 12.9. The average molecular weight is 343 g/mol. The van der Waals surface area contributed by atoms with Crippen molar-refractivity contribution < 1.29 is 22.7 Å². The average Bonchev–Trinajstić information content (AvgIpc) is 2.98. The van der Waals surface area contributed by atoms with Crippen molar-refractivity contribution in [3.05, 3.63) is 24.0 Å². The quantitative estimate of drug-likeness (QED) is 0.856. The molecule has 0 unspecified atom stereocenters. The lowest BCUT2D eigenvalue weighted by molar-refractivity contribution is -0.139. The maximum Gasteiger partial charge on any atom is 0.421 e. The molecule has 2 aliphatic rings. The first-order valence-corrected chi connectivity index (χ1v) is 7.86. The van der Waals surface area contributed by atoms with E-state index in [0.717, 1.165) is 19.3 Å². The number of halogens is 3. The van der Waals surface area contributed by atoms with Crippen LogP contribution in [-0.4, -0.2) is 36.1 Å². The van der Waals surface area contributed by atoms with Gasteiger partial charge in [-0.3, -0.25) is 9.78 Å². The molecule has 0 bridgehead atoms. The molecule has 1 saturated carbocycles. The van der Waals surface area contributed by atoms with Gasteiger partial charge in [-0.1, -0.05) is 0 Å². The summed E-state index contributed by atoms with van der Waals surface area (Å²) in [6.45, 7) is 5.11. The second-order valence-corrected chi connectivity index (χ2v) is 7.04. The molecule has 1 aromatic rings. The number of carbonyl (C=O) groups excluding carboxylic acids is 1. The van der Waals surface area contributed by atoms with Gasteiger partial charge in [0.05, 0.1) is 5.54 Å². The third kappa shape index (κ3) is 3.48. The minimum absolute atomic E-state index is 0.0113. The van der Waals surface area contributed by atoms with E-state index >= 15 is 0 Å². The minimum Gasteiger partial charge on any atom is -0.490 e. The van der Waals surface area contributed by atoms with Crippen LogP contribution in [0.1, 0.15) is 19.4 Å². The maximum absolute atomic E-state index is 12.9. The largest absolute Gasteiger partial charge is 0.490 e. The van der Waals surface area contributed by atoms with Gasteiger partial charge in [0.2, 0.25) is 5.91 Å². The fourth-order valence-electron chi connectivity index (χ4n) is 3.24. The Morgan fingerprint density at radius 3 is 2.67 bits per heavy atom. The van der Waals surface area contributed by atoms with E-state index in [4.69, 9.17) is 4.74 Å². The molecule has 8 heteroatoms. The molecule has 24 heavy (non-hydrogen) atoms. The first-order chi connectivity index (χ1) is 11.2. The Labute approximate surface area is 138 Å². The number of nitrogens with one attached hydrogen (secondary N) is 2. The molecule has 0 spiro atoms. The molecule has 3 rings (SSSR count). The van der Waals surface area contributed by atoms with Gasteiger partial charge in [0.1, 0.15) is 17.9 Å². The van der Waals surface area contributed by atoms with Crippen LogP contribution in [-0.2, 0) is 11.0 Å². The SMILES string of the molecule is CC(C)(COc1ccncc1C(F)(F)F)NC(=O)[C@H]1[C@@H]2CNC[C@@H]21. The van der Waals surface area contributed by atoms with Gasteiger partial charge in [0.25, 0.3) is 0 Å². The summed E-state index contributed by atoms with van der Waals surface area (Å²) < 4.78 is 44.1. The Balaban J connectivity index is 1.58. The molecule has 1 aromatic heterocycles. The smallest absolute Gasteiger partial charge is 0.421 e. The summed E-state index contributed by atoms with van der Waals surface area (Å²) in [6.07, 6.45) is -2.55. The lowest BCUT2D eigenvalue weighted by atomic mass is 10.1. The van der Waals surface area contributed by atoms with Gasteiger partial charge in [0.15, 0.2) is 0 Å². The predicted octanol–water partition coefficient (Wildman–Crippen LogP) is 1.84. The van der Waals surface area contributed by atoms with Crippen molar-refractivity contribution in [1.29, 1.82) is 0 Å². The molecular formula is C16H20F3N3O2. The fourth-order valence-corrected chi connectivity index (χ4v) is 3.24. The van der Waals surface area contributed by atoms with E-state index in [1.54, 1.807) is 13.8 Å². The molecule has 5 nitrogen and oxygen atoms in total. The monoisotopic (exact) mass is 343 g/mol. The zero-order chi connectivity index (χ0) is 17.5. The van der Waals surface area contributed by atoms with E-state index in [2.05, 4.69) is 15.6 Å². The second-order valence-electron chi connectivity index (χ2n) is 7.04. The molecule has 2 N–H and O–H groups in total. The Morgan fingerprint density at radius 2 is 2.04 bits per heavy atom. The normalized spacial score (nSPS) is 26.0. The number of ether oxygens (including phenoxy) is 1. The first kappa shape index (κ1) is 17.0. The number of amides is 1. The molecule has 0 radical (unpaired) electrons. The van der Waals surface area contributed by atoms with E-state index in [1.807, 2.05) is 0 Å². The van der Waals surface area contributed by atoms with Crippen LogP contribution in [0.2, 0.25) is 0 Å². The lowest BCUT2D eigenvalue weighted by Gasteiger charge is -2.27. The minimum atomic E-state index is -4.53. The molecule has 3 atom stereocenters. The molecule has 1 saturated heterocycles. The summed E-state index contributed by atoms with van der Waals surface area (Å²) in [7, 11) is 0. The number of carbonyl (C=O) groups is 1. The third-order valence-corrected chi connectivity index (χ3v) is 4.53. The van der Waals surface area contributed by atoms with E-state index < -0.39 is 17.3 Å². The van der Waals surface area contributed by atoms with Crippen molar-refractivity contribution >= 4 is 5.91 Å². The Hall–Kier alpha value is -1.83. The second kappa shape index (κ2) is 5.91. The number of alkyl halides is 3. The number of piperidine rings is 1. The van der Waals surface area contributed by atoms with Gasteiger partial charge in [-0.15, -0.1) is 0 Å². The highest BCUT2D eigenvalue weighted by molar-refractivity contribution is 5.83. The number of nitrogens with zero attached hydrogens (tertiary/aromatic N) is 1. The molecule has 1 aliphatic heterocycles. The van der Waals surface area contributed by atoms with Gasteiger partial charge in [-0.2, -0.15) is 13.2 Å². The van der Waals surface area contributed by atoms with E-state index in [-0.39, 0.29) is 24.2 Å². The van der Waals surface area contributed by atoms with Crippen molar-refractivity contribution in [3.8, 4) is 5.75 Å². The summed E-state index contributed by atoms with van der Waals surface area (Å²) in [5, 5.41) is 6.11. The summed E-state index contributed by atoms with van der Waals surface area (Å²) in [5.41, 5.74) is -1.69. The highest BCUT2D eigenvalue weighted by atomic mass is 19.4. The van der Waals surface area contributed by atoms with Crippen LogP contribution >= 0.6 is 0 Å². The zero-order valence-electron chi connectivity index (χ0n) is 13.5. The summed E-state index contributed by atoms with van der Waals surface area (Å²) in [6, 6.07) is 1.18. The van der Waals surface area contributed by atoms with Gasteiger partial charge >= 0.3 is 6.18 Å². The summed E-state index contributed by atoms with van der Waals surface area (Å²) in [5.74, 6) is 0.452. The van der Waals surface area contributed by atoms with Gasteiger partial charge in [-0.05, 0) is 44.8 Å². The van der Waals surface area contributed by atoms with Crippen LogP contribution < -0.4 is 15.4 Å². The van der Waals surface area contributed by atoms with E-state index in [0.29, 0.717) is 11.8 Å². The van der Waals surface area contributed by atoms with Crippen LogP contribution in [0.25, 0.3) is 0 Å². The Bertz CT molecular complexity index is 623. The molecule has 132 valence electrons. The predicted molar refractivity (Wildman–Crippen MR) is 80.3 cm³/mol. The lowest BCUT2D eigenvalue weighted by Crippen LogP contribution is -2.49. The van der Waals surface area contributed by atoms with Gasteiger partial charge in [0, 0.05) is 18.3 Å². The Kier molecular flexibility index (Phi) is 4.19. The number of hydrogen-bond acceptors (Lipinski definition) is 4.